The van der Waals surface area contributed by atoms with Crippen molar-refractivity contribution in [1.29, 1.82) is 0 Å². The fraction of sp³-hybridized carbons (Fsp3) is 0.857. The van der Waals surface area contributed by atoms with Gasteiger partial charge in [0.05, 0.1) is 33.4 Å². The van der Waals surface area contributed by atoms with E-state index in [2.05, 4.69) is 19.9 Å². The Hall–Kier alpha value is -0.610. The number of methoxy groups -OCH3 is 2. The molecule has 7 nitrogen and oxygen atoms in total. The summed E-state index contributed by atoms with van der Waals surface area (Å²) in [6, 6.07) is 0. The molecule has 1 aliphatic heterocycles. The molecule has 0 aromatic heterocycles. The normalized spacial score (nSPS) is 18.0. The summed E-state index contributed by atoms with van der Waals surface area (Å²) in [7, 11) is 4.82. The molecule has 0 aromatic rings. The van der Waals surface area contributed by atoms with E-state index in [0.29, 0.717) is 32.1 Å². The summed E-state index contributed by atoms with van der Waals surface area (Å²) >= 11 is 0. The number of hydrogen-bond donors (Lipinski definition) is 1. The summed E-state index contributed by atoms with van der Waals surface area (Å²) in [5, 5.41) is 3.19. The standard InChI is InChI=1S/C14H27N3O4.HI/c1-15-14(16-6-4-13(18)20-3)17-7-5-12(10-17)11-21-9-8-19-2;/h12H,4-11H2,1-3H3,(H,15,16);1H. The van der Waals surface area contributed by atoms with Crippen LogP contribution in [-0.2, 0) is 19.0 Å². The lowest BCUT2D eigenvalue weighted by Gasteiger charge is -2.21. The molecule has 1 atom stereocenters. The summed E-state index contributed by atoms with van der Waals surface area (Å²) < 4.78 is 15.1. The lowest BCUT2D eigenvalue weighted by Crippen LogP contribution is -2.41. The maximum absolute atomic E-state index is 11.1. The first-order valence-electron chi connectivity index (χ1n) is 7.30. The quantitative estimate of drug-likeness (QED) is 0.202. The van der Waals surface area contributed by atoms with Gasteiger partial charge in [-0.2, -0.15) is 0 Å². The zero-order chi connectivity index (χ0) is 15.5. The minimum Gasteiger partial charge on any atom is -0.469 e. The first-order chi connectivity index (χ1) is 10.2. The van der Waals surface area contributed by atoms with E-state index in [-0.39, 0.29) is 29.9 Å². The fourth-order valence-electron chi connectivity index (χ4n) is 2.26. The first-order valence-corrected chi connectivity index (χ1v) is 7.30. The van der Waals surface area contributed by atoms with Crippen LogP contribution in [0.1, 0.15) is 12.8 Å². The van der Waals surface area contributed by atoms with Gasteiger partial charge in [0.1, 0.15) is 0 Å². The average Bonchev–Trinajstić information content (AvgIpc) is 2.96. The molecule has 130 valence electrons. The number of guanidine groups is 1. The van der Waals surface area contributed by atoms with Gasteiger partial charge in [-0.05, 0) is 6.42 Å². The van der Waals surface area contributed by atoms with E-state index in [1.807, 2.05) is 0 Å². The van der Waals surface area contributed by atoms with Crippen LogP contribution in [0.15, 0.2) is 4.99 Å². The molecule has 1 aliphatic rings. The predicted octanol–water partition coefficient (Wildman–Crippen LogP) is 0.728. The van der Waals surface area contributed by atoms with Crippen molar-refractivity contribution < 1.29 is 19.0 Å². The molecule has 0 bridgehead atoms. The highest BCUT2D eigenvalue weighted by atomic mass is 127. The van der Waals surface area contributed by atoms with Gasteiger partial charge >= 0.3 is 5.97 Å². The topological polar surface area (TPSA) is 72.4 Å². The molecule has 1 N–H and O–H groups in total. The van der Waals surface area contributed by atoms with Gasteiger partial charge in [0, 0.05) is 39.7 Å². The van der Waals surface area contributed by atoms with Gasteiger partial charge in [-0.3, -0.25) is 9.79 Å². The lowest BCUT2D eigenvalue weighted by molar-refractivity contribution is -0.140. The first kappa shape index (κ1) is 21.4. The molecule has 1 saturated heterocycles. The summed E-state index contributed by atoms with van der Waals surface area (Å²) in [4.78, 5) is 17.5. The van der Waals surface area contributed by atoms with Crippen LogP contribution >= 0.6 is 24.0 Å². The number of rotatable bonds is 8. The van der Waals surface area contributed by atoms with Crippen molar-refractivity contribution in [2.75, 3.05) is 60.7 Å². The molecule has 1 fully saturated rings. The minimum absolute atomic E-state index is 0. The predicted molar refractivity (Wildman–Crippen MR) is 95.8 cm³/mol. The van der Waals surface area contributed by atoms with E-state index in [1.54, 1.807) is 14.2 Å². The second kappa shape index (κ2) is 12.9. The highest BCUT2D eigenvalue weighted by molar-refractivity contribution is 14.0. The van der Waals surface area contributed by atoms with Crippen molar-refractivity contribution in [1.82, 2.24) is 10.2 Å². The number of halogens is 1. The van der Waals surface area contributed by atoms with Crippen LogP contribution in [0.3, 0.4) is 0 Å². The smallest absolute Gasteiger partial charge is 0.307 e. The van der Waals surface area contributed by atoms with Crippen molar-refractivity contribution >= 4 is 35.9 Å². The Bertz CT molecular complexity index is 342. The molecule has 0 spiro atoms. The van der Waals surface area contributed by atoms with Gasteiger partial charge in [-0.15, -0.1) is 24.0 Å². The highest BCUT2D eigenvalue weighted by Gasteiger charge is 2.24. The Morgan fingerprint density at radius 2 is 2.14 bits per heavy atom. The molecule has 0 saturated carbocycles. The number of carbonyl (C=O) groups is 1. The summed E-state index contributed by atoms with van der Waals surface area (Å²) in [5.41, 5.74) is 0. The van der Waals surface area contributed by atoms with Crippen molar-refractivity contribution in [2.24, 2.45) is 10.9 Å². The molecular weight excluding hydrogens is 401 g/mol. The van der Waals surface area contributed by atoms with E-state index in [1.165, 1.54) is 7.11 Å². The zero-order valence-electron chi connectivity index (χ0n) is 13.7. The maximum Gasteiger partial charge on any atom is 0.307 e. The number of carbonyl (C=O) groups excluding carboxylic acids is 1. The number of esters is 1. The van der Waals surface area contributed by atoms with Gasteiger partial charge in [0.25, 0.3) is 0 Å². The molecule has 8 heteroatoms. The largest absolute Gasteiger partial charge is 0.469 e. The number of nitrogens with zero attached hydrogens (tertiary/aromatic N) is 2. The van der Waals surface area contributed by atoms with E-state index in [9.17, 15) is 4.79 Å². The Labute approximate surface area is 149 Å². The van der Waals surface area contributed by atoms with Crippen LogP contribution in [-0.4, -0.2) is 77.6 Å². The van der Waals surface area contributed by atoms with Crippen LogP contribution in [0, 0.1) is 5.92 Å². The van der Waals surface area contributed by atoms with Crippen LogP contribution in [0.5, 0.6) is 0 Å². The number of nitrogens with one attached hydrogen (secondary N) is 1. The van der Waals surface area contributed by atoms with Gasteiger partial charge < -0.3 is 24.4 Å². The highest BCUT2D eigenvalue weighted by Crippen LogP contribution is 2.16. The van der Waals surface area contributed by atoms with Gasteiger partial charge in [-0.1, -0.05) is 0 Å². The Kier molecular flexibility index (Phi) is 12.5. The number of likely N-dealkylation sites (tertiary alicyclic amines) is 1. The van der Waals surface area contributed by atoms with Crippen LogP contribution in [0.25, 0.3) is 0 Å². The van der Waals surface area contributed by atoms with Crippen molar-refractivity contribution in [3.63, 3.8) is 0 Å². The molecular formula is C14H28IN3O4. The molecule has 1 rings (SSSR count). The molecule has 1 heterocycles. The monoisotopic (exact) mass is 429 g/mol. The fourth-order valence-corrected chi connectivity index (χ4v) is 2.26. The average molecular weight is 429 g/mol. The molecule has 0 radical (unpaired) electrons. The minimum atomic E-state index is -0.219. The van der Waals surface area contributed by atoms with Crippen molar-refractivity contribution in [3.8, 4) is 0 Å². The van der Waals surface area contributed by atoms with E-state index in [4.69, 9.17) is 9.47 Å². The molecule has 0 aromatic carbocycles. The summed E-state index contributed by atoms with van der Waals surface area (Å²) in [6.45, 7) is 4.43. The third-order valence-electron chi connectivity index (χ3n) is 3.42. The molecule has 0 aliphatic carbocycles. The number of hydrogen-bond acceptors (Lipinski definition) is 5. The zero-order valence-corrected chi connectivity index (χ0v) is 16.0. The Balaban J connectivity index is 0.00000441. The van der Waals surface area contributed by atoms with Gasteiger partial charge in [-0.25, -0.2) is 0 Å². The molecule has 0 amide bonds. The van der Waals surface area contributed by atoms with E-state index in [0.717, 1.165) is 32.1 Å². The van der Waals surface area contributed by atoms with Crippen LogP contribution < -0.4 is 5.32 Å². The number of ether oxygens (including phenoxy) is 3. The van der Waals surface area contributed by atoms with Gasteiger partial charge in [0.15, 0.2) is 5.96 Å². The van der Waals surface area contributed by atoms with E-state index < -0.39 is 0 Å². The second-order valence-corrected chi connectivity index (χ2v) is 4.97. The molecule has 22 heavy (non-hydrogen) atoms. The summed E-state index contributed by atoms with van der Waals surface area (Å²) in [5.74, 6) is 1.13. The van der Waals surface area contributed by atoms with Crippen LogP contribution in [0.4, 0.5) is 0 Å². The van der Waals surface area contributed by atoms with Gasteiger partial charge in [0.2, 0.25) is 0 Å². The third kappa shape index (κ3) is 8.14. The van der Waals surface area contributed by atoms with Crippen molar-refractivity contribution in [2.45, 2.75) is 12.8 Å². The Morgan fingerprint density at radius 3 is 2.77 bits per heavy atom. The van der Waals surface area contributed by atoms with Crippen molar-refractivity contribution in [3.05, 3.63) is 0 Å². The third-order valence-corrected chi connectivity index (χ3v) is 3.42. The SMILES string of the molecule is CN=C(NCCC(=O)OC)N1CCC(COCCOC)C1.I. The second-order valence-electron chi connectivity index (χ2n) is 4.97. The number of aliphatic imine (C=N–C) groups is 1. The lowest BCUT2D eigenvalue weighted by atomic mass is 10.1. The Morgan fingerprint density at radius 1 is 1.36 bits per heavy atom. The summed E-state index contributed by atoms with van der Waals surface area (Å²) in [6.07, 6.45) is 1.43. The van der Waals surface area contributed by atoms with E-state index >= 15 is 0 Å². The van der Waals surface area contributed by atoms with Crippen LogP contribution in [0.2, 0.25) is 0 Å². The molecule has 1 unspecified atom stereocenters. The maximum atomic E-state index is 11.1.